The first kappa shape index (κ1) is 21.8. The molecule has 0 radical (unpaired) electrons. The molecule has 0 saturated heterocycles. The fraction of sp³-hybridized carbons (Fsp3) is 0. The van der Waals surface area contributed by atoms with Crippen molar-refractivity contribution in [2.45, 2.75) is 14.7 Å². The van der Waals surface area contributed by atoms with Gasteiger partial charge in [-0.1, -0.05) is 18.2 Å². The summed E-state index contributed by atoms with van der Waals surface area (Å²) in [5.41, 5.74) is 0.376. The molecule has 33 heavy (non-hydrogen) atoms. The van der Waals surface area contributed by atoms with E-state index in [9.17, 15) is 38.9 Å². The van der Waals surface area contributed by atoms with Crippen molar-refractivity contribution in [2.75, 3.05) is 0 Å². The Morgan fingerprint density at radius 2 is 1.12 bits per heavy atom. The van der Waals surface area contributed by atoms with Gasteiger partial charge < -0.3 is 4.42 Å². The monoisotopic (exact) mass is 508 g/mol. The van der Waals surface area contributed by atoms with Crippen LogP contribution in [0.4, 0.5) is 0 Å². The van der Waals surface area contributed by atoms with E-state index in [4.69, 9.17) is 4.42 Å². The second-order valence-electron chi connectivity index (χ2n) is 7.30. The first-order chi connectivity index (χ1) is 15.2. The molecule has 0 saturated carbocycles. The lowest BCUT2D eigenvalue weighted by Crippen LogP contribution is -2.02. The van der Waals surface area contributed by atoms with Crippen LogP contribution in [0.2, 0.25) is 0 Å². The Morgan fingerprint density at radius 3 is 1.73 bits per heavy atom. The Bertz CT molecular complexity index is 1980. The molecule has 0 unspecified atom stereocenters. The van der Waals surface area contributed by atoms with Crippen molar-refractivity contribution >= 4 is 73.8 Å². The molecular formula is C20H12O10S3. The van der Waals surface area contributed by atoms with E-state index in [2.05, 4.69) is 0 Å². The number of benzene rings is 4. The van der Waals surface area contributed by atoms with Gasteiger partial charge in [-0.25, -0.2) is 0 Å². The zero-order chi connectivity index (χ0) is 23.9. The van der Waals surface area contributed by atoms with Gasteiger partial charge in [-0.05, 0) is 46.5 Å². The summed E-state index contributed by atoms with van der Waals surface area (Å²) in [5.74, 6) is 0. The Kier molecular flexibility index (Phi) is 4.43. The fourth-order valence-electron chi connectivity index (χ4n) is 3.97. The van der Waals surface area contributed by atoms with Crippen LogP contribution >= 0.6 is 0 Å². The predicted octanol–water partition coefficient (Wildman–Crippen LogP) is 3.63. The molecule has 4 aromatic carbocycles. The van der Waals surface area contributed by atoms with Crippen LogP contribution in [-0.2, 0) is 30.4 Å². The van der Waals surface area contributed by atoms with Crippen LogP contribution in [0, 0.1) is 0 Å². The van der Waals surface area contributed by atoms with Gasteiger partial charge in [-0.3, -0.25) is 13.7 Å². The van der Waals surface area contributed by atoms with E-state index < -0.39 is 40.1 Å². The Morgan fingerprint density at radius 1 is 0.545 bits per heavy atom. The quantitative estimate of drug-likeness (QED) is 0.305. The molecule has 0 bridgehead atoms. The number of rotatable bonds is 3. The standard InChI is InChI=1S/C20H12O10S3/c21-31(22,23)11-2-4-13-10(7-11)1-6-16-19(13)20-14-5-3-12(32(24,25)26)8-15(14)18(33(27,28)29)9-17(20)30-16/h1-9H,(H,21,22,23)(H,24,25,26)(H,27,28,29). The van der Waals surface area contributed by atoms with Crippen molar-refractivity contribution in [3.05, 3.63) is 54.6 Å². The first-order valence-corrected chi connectivity index (χ1v) is 13.4. The summed E-state index contributed by atoms with van der Waals surface area (Å²) in [5, 5.41) is 1.82. The molecule has 5 rings (SSSR count). The second kappa shape index (κ2) is 6.72. The average molecular weight is 509 g/mol. The van der Waals surface area contributed by atoms with Crippen molar-refractivity contribution < 1.29 is 43.3 Å². The van der Waals surface area contributed by atoms with Crippen LogP contribution < -0.4 is 0 Å². The van der Waals surface area contributed by atoms with Gasteiger partial charge in [0.15, 0.2) is 0 Å². The smallest absolute Gasteiger partial charge is 0.295 e. The topological polar surface area (TPSA) is 176 Å². The first-order valence-electron chi connectivity index (χ1n) is 9.03. The van der Waals surface area contributed by atoms with Crippen LogP contribution in [0.15, 0.2) is 73.7 Å². The molecule has 13 heteroatoms. The molecule has 3 N–H and O–H groups in total. The van der Waals surface area contributed by atoms with E-state index in [1.54, 1.807) is 6.07 Å². The number of fused-ring (bicyclic) bond motifs is 7. The highest BCUT2D eigenvalue weighted by atomic mass is 32.2. The summed E-state index contributed by atoms with van der Waals surface area (Å²) in [6.07, 6.45) is 0. The lowest BCUT2D eigenvalue weighted by Gasteiger charge is -2.08. The highest BCUT2D eigenvalue weighted by molar-refractivity contribution is 7.86. The molecule has 1 heterocycles. The van der Waals surface area contributed by atoms with Crippen molar-refractivity contribution in [3.63, 3.8) is 0 Å². The third-order valence-electron chi connectivity index (χ3n) is 5.33. The van der Waals surface area contributed by atoms with Crippen molar-refractivity contribution in [3.8, 4) is 0 Å². The van der Waals surface area contributed by atoms with Crippen LogP contribution in [0.25, 0.3) is 43.5 Å². The van der Waals surface area contributed by atoms with E-state index in [1.807, 2.05) is 0 Å². The zero-order valence-corrected chi connectivity index (χ0v) is 18.6. The van der Waals surface area contributed by atoms with Crippen LogP contribution in [0.3, 0.4) is 0 Å². The van der Waals surface area contributed by atoms with Crippen LogP contribution in [0.1, 0.15) is 0 Å². The van der Waals surface area contributed by atoms with Gasteiger partial charge >= 0.3 is 0 Å². The molecule has 0 atom stereocenters. The van der Waals surface area contributed by atoms with E-state index >= 15 is 0 Å². The minimum Gasteiger partial charge on any atom is -0.456 e. The molecule has 1 aromatic heterocycles. The SMILES string of the molecule is O=S(=O)(O)c1ccc2c(ccc3oc4cc(S(=O)(=O)O)c5cc(S(=O)(=O)O)ccc5c4c32)c1. The summed E-state index contributed by atoms with van der Waals surface area (Å²) >= 11 is 0. The zero-order valence-electron chi connectivity index (χ0n) is 16.1. The Labute approximate surface area is 186 Å². The molecule has 170 valence electrons. The maximum atomic E-state index is 12.0. The predicted molar refractivity (Wildman–Crippen MR) is 118 cm³/mol. The number of hydrogen-bond donors (Lipinski definition) is 3. The molecule has 0 aliphatic rings. The largest absolute Gasteiger partial charge is 0.456 e. The molecule has 10 nitrogen and oxygen atoms in total. The van der Waals surface area contributed by atoms with Crippen molar-refractivity contribution in [1.29, 1.82) is 0 Å². The van der Waals surface area contributed by atoms with E-state index in [1.165, 1.54) is 30.3 Å². The molecule has 0 amide bonds. The maximum absolute atomic E-state index is 12.0. The van der Waals surface area contributed by atoms with Gasteiger partial charge in [0.25, 0.3) is 30.4 Å². The molecule has 0 aliphatic carbocycles. The van der Waals surface area contributed by atoms with Crippen molar-refractivity contribution in [2.24, 2.45) is 0 Å². The third-order valence-corrected chi connectivity index (χ3v) is 7.92. The number of hydrogen-bond acceptors (Lipinski definition) is 7. The molecule has 0 fully saturated rings. The molecule has 0 aliphatic heterocycles. The number of furan rings is 1. The summed E-state index contributed by atoms with van der Waals surface area (Å²) in [6.45, 7) is 0. The molecule has 0 spiro atoms. The van der Waals surface area contributed by atoms with Crippen LogP contribution in [-0.4, -0.2) is 38.9 Å². The third kappa shape index (κ3) is 3.45. The minimum atomic E-state index is -4.82. The van der Waals surface area contributed by atoms with Gasteiger partial charge in [0.05, 0.1) is 9.79 Å². The lowest BCUT2D eigenvalue weighted by atomic mass is 9.99. The van der Waals surface area contributed by atoms with Crippen molar-refractivity contribution in [1.82, 2.24) is 0 Å². The maximum Gasteiger partial charge on any atom is 0.295 e. The average Bonchev–Trinajstić information content (AvgIpc) is 3.09. The summed E-state index contributed by atoms with van der Waals surface area (Å²) < 4.78 is 105. The van der Waals surface area contributed by atoms with Crippen LogP contribution in [0.5, 0.6) is 0 Å². The molecule has 5 aromatic rings. The van der Waals surface area contributed by atoms with Gasteiger partial charge in [-0.15, -0.1) is 0 Å². The Hall–Kier alpha value is -3.07. The van der Waals surface area contributed by atoms with Gasteiger partial charge in [-0.2, -0.15) is 25.3 Å². The van der Waals surface area contributed by atoms with Gasteiger partial charge in [0.2, 0.25) is 0 Å². The van der Waals surface area contributed by atoms with Gasteiger partial charge in [0, 0.05) is 22.2 Å². The highest BCUT2D eigenvalue weighted by Crippen LogP contribution is 2.41. The highest BCUT2D eigenvalue weighted by Gasteiger charge is 2.23. The lowest BCUT2D eigenvalue weighted by molar-refractivity contribution is 0.480. The van der Waals surface area contributed by atoms with Gasteiger partial charge in [0.1, 0.15) is 16.1 Å². The second-order valence-corrected chi connectivity index (χ2v) is 11.5. The minimum absolute atomic E-state index is 0.0658. The Balaban J connectivity index is 2.02. The molecular weight excluding hydrogens is 496 g/mol. The summed E-state index contributed by atoms with van der Waals surface area (Å²) in [6, 6.07) is 11.3. The summed E-state index contributed by atoms with van der Waals surface area (Å²) in [7, 11) is -13.9. The fourth-order valence-corrected chi connectivity index (χ4v) is 5.69. The normalized spacial score (nSPS) is 13.4. The summed E-state index contributed by atoms with van der Waals surface area (Å²) in [4.78, 5) is -1.51. The van der Waals surface area contributed by atoms with E-state index in [0.29, 0.717) is 27.1 Å². The van der Waals surface area contributed by atoms with E-state index in [-0.39, 0.29) is 21.3 Å². The van der Waals surface area contributed by atoms with E-state index in [0.717, 1.165) is 18.2 Å².